The first-order chi connectivity index (χ1) is 5.39. The minimum absolute atomic E-state index is 0.0416. The topological polar surface area (TPSA) is 0 Å². The minimum atomic E-state index is -3.91. The summed E-state index contributed by atoms with van der Waals surface area (Å²) in [5.74, 6) is -10.8. The van der Waals surface area contributed by atoms with Gasteiger partial charge in [0.2, 0.25) is 0 Å². The molecule has 0 amide bonds. The standard InChI is InChI=1S/C7H9ClF4/c1-2-4-5(3-8)7(11,12)6(4,9)10/h4-5H,2-3H2,1H3. The van der Waals surface area contributed by atoms with Crippen molar-refractivity contribution >= 4 is 11.6 Å². The molecule has 1 aliphatic carbocycles. The highest BCUT2D eigenvalue weighted by Gasteiger charge is 2.76. The van der Waals surface area contributed by atoms with Gasteiger partial charge < -0.3 is 0 Å². The van der Waals surface area contributed by atoms with Crippen LogP contribution in [0.5, 0.6) is 0 Å². The zero-order chi connectivity index (χ0) is 9.57. The van der Waals surface area contributed by atoms with Crippen LogP contribution in [0.3, 0.4) is 0 Å². The Morgan fingerprint density at radius 1 is 1.08 bits per heavy atom. The summed E-state index contributed by atoms with van der Waals surface area (Å²) >= 11 is 5.18. The Balaban J connectivity index is 2.81. The van der Waals surface area contributed by atoms with Gasteiger partial charge in [0.15, 0.2) is 0 Å². The van der Waals surface area contributed by atoms with E-state index in [1.807, 2.05) is 0 Å². The van der Waals surface area contributed by atoms with E-state index < -0.39 is 29.6 Å². The highest BCUT2D eigenvalue weighted by Crippen LogP contribution is 2.60. The molecule has 72 valence electrons. The third-order valence-corrected chi connectivity index (χ3v) is 2.80. The quantitative estimate of drug-likeness (QED) is 0.479. The molecule has 12 heavy (non-hydrogen) atoms. The minimum Gasteiger partial charge on any atom is -0.200 e. The fourth-order valence-electron chi connectivity index (χ4n) is 1.65. The van der Waals surface area contributed by atoms with E-state index >= 15 is 0 Å². The maximum absolute atomic E-state index is 12.6. The summed E-state index contributed by atoms with van der Waals surface area (Å²) in [6, 6.07) is 0. The van der Waals surface area contributed by atoms with Gasteiger partial charge in [-0.05, 0) is 6.42 Å². The van der Waals surface area contributed by atoms with Crippen LogP contribution in [0.15, 0.2) is 0 Å². The van der Waals surface area contributed by atoms with E-state index in [2.05, 4.69) is 0 Å². The average molecular weight is 205 g/mol. The Bertz CT molecular complexity index is 160. The lowest BCUT2D eigenvalue weighted by molar-refractivity contribution is -0.348. The first-order valence-electron chi connectivity index (χ1n) is 3.71. The van der Waals surface area contributed by atoms with Gasteiger partial charge >= 0.3 is 11.8 Å². The number of hydrogen-bond acceptors (Lipinski definition) is 0. The van der Waals surface area contributed by atoms with Gasteiger partial charge in [0.25, 0.3) is 0 Å². The number of rotatable bonds is 2. The Morgan fingerprint density at radius 2 is 1.50 bits per heavy atom. The molecule has 0 bridgehead atoms. The van der Waals surface area contributed by atoms with Crippen molar-refractivity contribution in [2.45, 2.75) is 25.2 Å². The lowest BCUT2D eigenvalue weighted by Gasteiger charge is -2.50. The van der Waals surface area contributed by atoms with Crippen LogP contribution in [0.25, 0.3) is 0 Å². The summed E-state index contributed by atoms with van der Waals surface area (Å²) in [6.45, 7) is 1.47. The van der Waals surface area contributed by atoms with Crippen molar-refractivity contribution in [2.75, 3.05) is 5.88 Å². The van der Waals surface area contributed by atoms with Crippen molar-refractivity contribution in [2.24, 2.45) is 11.8 Å². The maximum atomic E-state index is 12.6. The van der Waals surface area contributed by atoms with Gasteiger partial charge in [0, 0.05) is 11.8 Å². The van der Waals surface area contributed by atoms with E-state index in [9.17, 15) is 17.6 Å². The molecular formula is C7H9ClF4. The molecule has 0 aromatic rings. The largest absolute Gasteiger partial charge is 0.314 e. The van der Waals surface area contributed by atoms with Crippen molar-refractivity contribution < 1.29 is 17.6 Å². The normalized spacial score (nSPS) is 37.5. The van der Waals surface area contributed by atoms with Crippen molar-refractivity contribution in [1.29, 1.82) is 0 Å². The highest BCUT2D eigenvalue weighted by atomic mass is 35.5. The Hall–Kier alpha value is 0.01000. The van der Waals surface area contributed by atoms with Crippen LogP contribution in [0.4, 0.5) is 17.6 Å². The molecule has 0 saturated heterocycles. The maximum Gasteiger partial charge on any atom is 0.314 e. The fraction of sp³-hybridized carbons (Fsp3) is 1.00. The summed E-state index contributed by atoms with van der Waals surface area (Å²) in [5, 5.41) is 0. The molecule has 0 N–H and O–H groups in total. The van der Waals surface area contributed by atoms with E-state index in [0.717, 1.165) is 0 Å². The van der Waals surface area contributed by atoms with Crippen LogP contribution in [0, 0.1) is 11.8 Å². The Labute approximate surface area is 72.9 Å². The molecule has 2 unspecified atom stereocenters. The van der Waals surface area contributed by atoms with E-state index in [4.69, 9.17) is 11.6 Å². The van der Waals surface area contributed by atoms with E-state index in [1.165, 1.54) is 6.92 Å². The summed E-state index contributed by atoms with van der Waals surface area (Å²) in [4.78, 5) is 0. The summed E-state index contributed by atoms with van der Waals surface area (Å²) < 4.78 is 50.4. The Morgan fingerprint density at radius 3 is 1.75 bits per heavy atom. The van der Waals surface area contributed by atoms with Crippen LogP contribution in [0.2, 0.25) is 0 Å². The molecule has 0 nitrogen and oxygen atoms in total. The predicted octanol–water partition coefficient (Wildman–Crippen LogP) is 3.15. The van der Waals surface area contributed by atoms with Crippen LogP contribution >= 0.6 is 11.6 Å². The van der Waals surface area contributed by atoms with Crippen molar-refractivity contribution in [3.8, 4) is 0 Å². The van der Waals surface area contributed by atoms with Gasteiger partial charge in [0.05, 0.1) is 5.92 Å². The number of hydrogen-bond donors (Lipinski definition) is 0. The van der Waals surface area contributed by atoms with Gasteiger partial charge in [-0.1, -0.05) is 6.92 Å². The van der Waals surface area contributed by atoms with Crippen molar-refractivity contribution in [1.82, 2.24) is 0 Å². The second kappa shape index (κ2) is 2.76. The molecular weight excluding hydrogens is 196 g/mol. The zero-order valence-corrected chi connectivity index (χ0v) is 7.21. The highest BCUT2D eigenvalue weighted by molar-refractivity contribution is 6.18. The monoisotopic (exact) mass is 204 g/mol. The molecule has 1 saturated carbocycles. The molecule has 0 heterocycles. The Kier molecular flexibility index (Phi) is 2.32. The molecule has 1 rings (SSSR count). The van der Waals surface area contributed by atoms with Gasteiger partial charge in [-0.25, -0.2) is 0 Å². The van der Waals surface area contributed by atoms with Gasteiger partial charge in [-0.3, -0.25) is 0 Å². The molecule has 0 aromatic carbocycles. The van der Waals surface area contributed by atoms with Crippen LogP contribution in [-0.2, 0) is 0 Å². The van der Waals surface area contributed by atoms with E-state index in [0.29, 0.717) is 0 Å². The number of alkyl halides is 5. The predicted molar refractivity (Wildman–Crippen MR) is 37.9 cm³/mol. The lowest BCUT2D eigenvalue weighted by Crippen LogP contribution is -2.66. The third-order valence-electron chi connectivity index (χ3n) is 2.47. The van der Waals surface area contributed by atoms with Crippen LogP contribution in [-0.4, -0.2) is 17.7 Å². The second-order valence-electron chi connectivity index (χ2n) is 3.02. The summed E-state index contributed by atoms with van der Waals surface area (Å²) in [6.07, 6.45) is 0.0416. The van der Waals surface area contributed by atoms with Crippen molar-refractivity contribution in [3.05, 3.63) is 0 Å². The van der Waals surface area contributed by atoms with E-state index in [1.54, 1.807) is 0 Å². The van der Waals surface area contributed by atoms with Crippen LogP contribution < -0.4 is 0 Å². The molecule has 0 radical (unpaired) electrons. The smallest absolute Gasteiger partial charge is 0.200 e. The molecule has 0 aromatic heterocycles. The second-order valence-corrected chi connectivity index (χ2v) is 3.33. The summed E-state index contributed by atoms with van der Waals surface area (Å²) in [5.41, 5.74) is 0. The molecule has 5 heteroatoms. The summed E-state index contributed by atoms with van der Waals surface area (Å²) in [7, 11) is 0. The van der Waals surface area contributed by atoms with Crippen LogP contribution in [0.1, 0.15) is 13.3 Å². The lowest BCUT2D eigenvalue weighted by atomic mass is 9.66. The molecule has 1 aliphatic rings. The first-order valence-corrected chi connectivity index (χ1v) is 4.24. The average Bonchev–Trinajstić information content (AvgIpc) is 1.98. The van der Waals surface area contributed by atoms with Gasteiger partial charge in [0.1, 0.15) is 0 Å². The van der Waals surface area contributed by atoms with Gasteiger partial charge in [-0.15, -0.1) is 11.6 Å². The molecule has 2 atom stereocenters. The van der Waals surface area contributed by atoms with Gasteiger partial charge in [-0.2, -0.15) is 17.6 Å². The fourth-order valence-corrected chi connectivity index (χ4v) is 2.06. The molecule has 0 aliphatic heterocycles. The third kappa shape index (κ3) is 0.966. The number of halogens is 5. The van der Waals surface area contributed by atoms with Crippen molar-refractivity contribution in [3.63, 3.8) is 0 Å². The SMILES string of the molecule is CCC1C(CCl)C(F)(F)C1(F)F. The first kappa shape index (κ1) is 10.1. The van der Waals surface area contributed by atoms with E-state index in [-0.39, 0.29) is 6.42 Å². The molecule has 1 fully saturated rings. The zero-order valence-electron chi connectivity index (χ0n) is 6.46. The molecule has 0 spiro atoms.